The van der Waals surface area contributed by atoms with Gasteiger partial charge in [-0.25, -0.2) is 8.42 Å². The van der Waals surface area contributed by atoms with E-state index in [2.05, 4.69) is 12.2 Å². The van der Waals surface area contributed by atoms with Gasteiger partial charge >= 0.3 is 0 Å². The van der Waals surface area contributed by atoms with Gasteiger partial charge in [0, 0.05) is 25.3 Å². The lowest BCUT2D eigenvalue weighted by molar-refractivity contribution is 0.0605. The van der Waals surface area contributed by atoms with Crippen LogP contribution in [0.5, 0.6) is 0 Å². The first-order valence-electron chi connectivity index (χ1n) is 7.47. The maximum atomic E-state index is 12.6. The van der Waals surface area contributed by atoms with E-state index in [0.717, 1.165) is 18.7 Å². The fourth-order valence-electron chi connectivity index (χ4n) is 2.40. The Morgan fingerprint density at radius 2 is 2.00 bits per heavy atom. The number of hydrogen-bond donors (Lipinski definition) is 2. The van der Waals surface area contributed by atoms with Crippen LogP contribution in [0.3, 0.4) is 0 Å². The number of aliphatic hydroxyl groups is 1. The van der Waals surface area contributed by atoms with Crippen molar-refractivity contribution in [2.24, 2.45) is 5.92 Å². The Kier molecular flexibility index (Phi) is 5.24. The molecule has 0 radical (unpaired) electrons. The number of rotatable bonds is 5. The first-order chi connectivity index (χ1) is 9.95. The monoisotopic (exact) mass is 312 g/mol. The minimum Gasteiger partial charge on any atom is -0.391 e. The summed E-state index contributed by atoms with van der Waals surface area (Å²) in [5.41, 5.74) is 0.920. The quantitative estimate of drug-likeness (QED) is 0.871. The van der Waals surface area contributed by atoms with Crippen LogP contribution in [-0.2, 0) is 10.0 Å². The van der Waals surface area contributed by atoms with E-state index < -0.39 is 16.1 Å². The zero-order valence-electron chi connectivity index (χ0n) is 12.6. The van der Waals surface area contributed by atoms with Crippen LogP contribution >= 0.6 is 0 Å². The van der Waals surface area contributed by atoms with E-state index in [1.54, 1.807) is 24.3 Å². The Morgan fingerprint density at radius 1 is 1.33 bits per heavy atom. The van der Waals surface area contributed by atoms with Gasteiger partial charge < -0.3 is 10.4 Å². The highest BCUT2D eigenvalue weighted by Crippen LogP contribution is 2.24. The van der Waals surface area contributed by atoms with Crippen molar-refractivity contribution in [3.8, 4) is 0 Å². The first kappa shape index (κ1) is 16.3. The van der Waals surface area contributed by atoms with Gasteiger partial charge in [-0.05, 0) is 43.0 Å². The second-order valence-corrected chi connectivity index (χ2v) is 7.59. The smallest absolute Gasteiger partial charge is 0.243 e. The van der Waals surface area contributed by atoms with Gasteiger partial charge in [0.2, 0.25) is 10.0 Å². The minimum absolute atomic E-state index is 0.150. The van der Waals surface area contributed by atoms with Gasteiger partial charge in [0.1, 0.15) is 0 Å². The fourth-order valence-corrected chi connectivity index (χ4v) is 3.87. The maximum absolute atomic E-state index is 12.6. The van der Waals surface area contributed by atoms with Crippen LogP contribution in [0.4, 0.5) is 5.69 Å². The molecule has 2 unspecified atom stereocenters. The second-order valence-electron chi connectivity index (χ2n) is 5.65. The number of piperidine rings is 1. The third-order valence-electron chi connectivity index (χ3n) is 3.95. The number of β-amino-alcohol motifs (C(OH)–C–C–N with tert-alkyl or cyclic N) is 1. The first-order valence-corrected chi connectivity index (χ1v) is 8.91. The Morgan fingerprint density at radius 3 is 2.57 bits per heavy atom. The van der Waals surface area contributed by atoms with Crippen molar-refractivity contribution in [2.75, 3.05) is 25.0 Å². The van der Waals surface area contributed by atoms with Crippen LogP contribution in [0.15, 0.2) is 29.2 Å². The normalized spacial score (nSPS) is 24.0. The molecule has 0 spiro atoms. The lowest BCUT2D eigenvalue weighted by atomic mass is 9.98. The molecule has 6 heteroatoms. The molecule has 21 heavy (non-hydrogen) atoms. The van der Waals surface area contributed by atoms with Crippen LogP contribution in [0, 0.1) is 5.92 Å². The number of anilines is 1. The van der Waals surface area contributed by atoms with Crippen molar-refractivity contribution in [1.29, 1.82) is 0 Å². The van der Waals surface area contributed by atoms with Crippen molar-refractivity contribution in [2.45, 2.75) is 37.7 Å². The largest absolute Gasteiger partial charge is 0.391 e. The molecule has 0 saturated carbocycles. The molecular weight excluding hydrogens is 288 g/mol. The predicted octanol–water partition coefficient (Wildman–Crippen LogP) is 1.90. The summed E-state index contributed by atoms with van der Waals surface area (Å²) in [5, 5.41) is 13.1. The molecule has 118 valence electrons. The molecule has 1 aromatic rings. The Bertz CT molecular complexity index is 557. The fraction of sp³-hybridized carbons (Fsp3) is 0.600. The highest BCUT2D eigenvalue weighted by atomic mass is 32.2. The molecule has 0 bridgehead atoms. The molecule has 1 aromatic carbocycles. The van der Waals surface area contributed by atoms with Crippen molar-refractivity contribution in [1.82, 2.24) is 4.31 Å². The molecular formula is C15H24N2O3S. The summed E-state index contributed by atoms with van der Waals surface area (Å²) >= 11 is 0. The third-order valence-corrected chi connectivity index (χ3v) is 5.83. The Hall–Kier alpha value is -1.11. The van der Waals surface area contributed by atoms with Crippen LogP contribution in [0.2, 0.25) is 0 Å². The molecule has 1 saturated heterocycles. The molecule has 1 aliphatic rings. The summed E-state index contributed by atoms with van der Waals surface area (Å²) in [6, 6.07) is 6.81. The van der Waals surface area contributed by atoms with E-state index in [9.17, 15) is 13.5 Å². The topological polar surface area (TPSA) is 69.6 Å². The van der Waals surface area contributed by atoms with E-state index in [1.165, 1.54) is 4.31 Å². The number of nitrogens with zero attached hydrogens (tertiary/aromatic N) is 1. The molecule has 5 nitrogen and oxygen atoms in total. The van der Waals surface area contributed by atoms with Crippen LogP contribution < -0.4 is 5.32 Å². The summed E-state index contributed by atoms with van der Waals surface area (Å²) in [6.45, 7) is 5.54. The van der Waals surface area contributed by atoms with Crippen LogP contribution in [-0.4, -0.2) is 43.6 Å². The molecule has 2 N–H and O–H groups in total. The van der Waals surface area contributed by atoms with Crippen molar-refractivity contribution in [3.63, 3.8) is 0 Å². The van der Waals surface area contributed by atoms with Gasteiger partial charge in [-0.15, -0.1) is 0 Å². The lowest BCUT2D eigenvalue weighted by Gasteiger charge is -2.33. The summed E-state index contributed by atoms with van der Waals surface area (Å²) in [7, 11) is -3.51. The van der Waals surface area contributed by atoms with Gasteiger partial charge in [0.15, 0.2) is 0 Å². The van der Waals surface area contributed by atoms with Gasteiger partial charge in [-0.3, -0.25) is 0 Å². The highest BCUT2D eigenvalue weighted by molar-refractivity contribution is 7.89. The summed E-state index contributed by atoms with van der Waals surface area (Å²) < 4.78 is 26.5. The highest BCUT2D eigenvalue weighted by Gasteiger charge is 2.32. The molecule has 1 aliphatic heterocycles. The van der Waals surface area contributed by atoms with E-state index in [-0.39, 0.29) is 17.4 Å². The van der Waals surface area contributed by atoms with Gasteiger partial charge in [-0.2, -0.15) is 4.31 Å². The van der Waals surface area contributed by atoms with E-state index in [1.807, 2.05) is 6.92 Å². The zero-order chi connectivity index (χ0) is 15.5. The zero-order valence-corrected chi connectivity index (χ0v) is 13.4. The van der Waals surface area contributed by atoms with Crippen molar-refractivity contribution in [3.05, 3.63) is 24.3 Å². The second kappa shape index (κ2) is 6.77. The van der Waals surface area contributed by atoms with Crippen molar-refractivity contribution < 1.29 is 13.5 Å². The number of benzene rings is 1. The minimum atomic E-state index is -3.51. The number of hydrogen-bond acceptors (Lipinski definition) is 4. The average molecular weight is 312 g/mol. The van der Waals surface area contributed by atoms with Crippen molar-refractivity contribution >= 4 is 15.7 Å². The number of aliphatic hydroxyl groups excluding tert-OH is 1. The molecule has 2 rings (SSSR count). The Balaban J connectivity index is 2.12. The lowest BCUT2D eigenvalue weighted by Crippen LogP contribution is -2.45. The predicted molar refractivity (Wildman–Crippen MR) is 83.8 cm³/mol. The Labute approximate surface area is 127 Å². The van der Waals surface area contributed by atoms with E-state index in [4.69, 9.17) is 0 Å². The molecule has 1 fully saturated rings. The molecule has 0 aromatic heterocycles. The summed E-state index contributed by atoms with van der Waals surface area (Å²) in [6.07, 6.45) is 1.12. The van der Waals surface area contributed by atoms with Gasteiger partial charge in [0.25, 0.3) is 0 Å². The standard InChI is InChI=1S/C15H24N2O3S/c1-3-9-16-13-4-6-14(7-5-13)21(19,20)17-10-8-12(2)15(18)11-17/h4-7,12,15-16,18H,3,8-11H2,1-2H3. The van der Waals surface area contributed by atoms with E-state index >= 15 is 0 Å². The molecule has 0 aliphatic carbocycles. The number of sulfonamides is 1. The summed E-state index contributed by atoms with van der Waals surface area (Å²) in [4.78, 5) is 0.284. The SMILES string of the molecule is CCCNc1ccc(S(=O)(=O)N2CCC(C)C(O)C2)cc1. The molecule has 1 heterocycles. The molecule has 2 atom stereocenters. The van der Waals surface area contributed by atoms with Gasteiger partial charge in [0.05, 0.1) is 11.0 Å². The molecule has 0 amide bonds. The summed E-state index contributed by atoms with van der Waals surface area (Å²) in [5.74, 6) is 0.150. The van der Waals surface area contributed by atoms with Crippen LogP contribution in [0.1, 0.15) is 26.7 Å². The number of nitrogens with one attached hydrogen (secondary N) is 1. The maximum Gasteiger partial charge on any atom is 0.243 e. The van der Waals surface area contributed by atoms with E-state index in [0.29, 0.717) is 13.0 Å². The van der Waals surface area contributed by atoms with Gasteiger partial charge in [-0.1, -0.05) is 13.8 Å². The third kappa shape index (κ3) is 3.75. The average Bonchev–Trinajstić information content (AvgIpc) is 2.48. The van der Waals surface area contributed by atoms with Crippen LogP contribution in [0.25, 0.3) is 0 Å².